The number of ether oxygens (including phenoxy) is 1. The fraction of sp³-hybridized carbons (Fsp3) is 0.429. The average molecular weight is 368 g/mol. The number of aromatic nitrogens is 4. The Morgan fingerprint density at radius 1 is 1.38 bits per heavy atom. The molecule has 10 heteroatoms. The molecule has 0 bridgehead atoms. The molecule has 3 rings (SSSR count). The molecular formula is C14H16N4O4S2. The summed E-state index contributed by atoms with van der Waals surface area (Å²) in [5, 5.41) is 8.77. The maximum atomic E-state index is 11.9. The van der Waals surface area contributed by atoms with Gasteiger partial charge in [0.15, 0.2) is 20.8 Å². The van der Waals surface area contributed by atoms with Crippen LogP contribution in [0, 0.1) is 0 Å². The largest absolute Gasteiger partial charge is 0.461 e. The molecule has 0 aromatic carbocycles. The summed E-state index contributed by atoms with van der Waals surface area (Å²) in [5.41, 5.74) is 0.880. The molecule has 0 aliphatic carbocycles. The Labute approximate surface area is 143 Å². The second-order valence-corrected chi connectivity index (χ2v) is 8.58. The first kappa shape index (κ1) is 16.9. The molecule has 1 fully saturated rings. The predicted molar refractivity (Wildman–Crippen MR) is 88.1 cm³/mol. The number of esters is 1. The van der Waals surface area contributed by atoms with E-state index in [2.05, 4.69) is 15.2 Å². The highest BCUT2D eigenvalue weighted by molar-refractivity contribution is 7.99. The van der Waals surface area contributed by atoms with Gasteiger partial charge in [-0.2, -0.15) is 0 Å². The fourth-order valence-electron chi connectivity index (χ4n) is 2.39. The van der Waals surface area contributed by atoms with Gasteiger partial charge in [-0.1, -0.05) is 11.8 Å². The third-order valence-corrected chi connectivity index (χ3v) is 6.31. The molecule has 128 valence electrons. The molecule has 1 atom stereocenters. The normalized spacial score (nSPS) is 19.3. The van der Waals surface area contributed by atoms with Crippen molar-refractivity contribution >= 4 is 27.6 Å². The second kappa shape index (κ2) is 6.89. The molecule has 0 unspecified atom stereocenters. The van der Waals surface area contributed by atoms with Gasteiger partial charge in [-0.05, 0) is 18.6 Å². The molecule has 0 saturated carbocycles. The number of hydrogen-bond acceptors (Lipinski definition) is 8. The van der Waals surface area contributed by atoms with Crippen LogP contribution in [0.4, 0.5) is 0 Å². The van der Waals surface area contributed by atoms with E-state index in [1.807, 2.05) is 19.2 Å². The van der Waals surface area contributed by atoms with Crippen molar-refractivity contribution in [1.82, 2.24) is 19.7 Å². The van der Waals surface area contributed by atoms with Crippen molar-refractivity contribution in [3.8, 4) is 11.4 Å². The summed E-state index contributed by atoms with van der Waals surface area (Å²) < 4.78 is 29.7. The van der Waals surface area contributed by atoms with E-state index in [0.29, 0.717) is 17.4 Å². The van der Waals surface area contributed by atoms with Crippen molar-refractivity contribution in [2.24, 2.45) is 7.05 Å². The van der Waals surface area contributed by atoms with Crippen molar-refractivity contribution in [2.75, 3.05) is 17.3 Å². The van der Waals surface area contributed by atoms with Gasteiger partial charge in [0.2, 0.25) is 0 Å². The van der Waals surface area contributed by atoms with Gasteiger partial charge in [-0.25, -0.2) is 8.42 Å². The Hall–Kier alpha value is -1.94. The summed E-state index contributed by atoms with van der Waals surface area (Å²) in [4.78, 5) is 15.8. The van der Waals surface area contributed by atoms with Crippen molar-refractivity contribution in [1.29, 1.82) is 0 Å². The Morgan fingerprint density at radius 2 is 2.12 bits per heavy atom. The molecule has 3 heterocycles. The molecule has 24 heavy (non-hydrogen) atoms. The average Bonchev–Trinajstić information content (AvgIpc) is 3.08. The molecule has 0 amide bonds. The molecule has 2 aromatic heterocycles. The highest BCUT2D eigenvalue weighted by Gasteiger charge is 2.30. The molecule has 1 aliphatic rings. The predicted octanol–water partition coefficient (Wildman–Crippen LogP) is 0.699. The molecular weight excluding hydrogens is 352 g/mol. The van der Waals surface area contributed by atoms with Crippen LogP contribution in [0.3, 0.4) is 0 Å². The summed E-state index contributed by atoms with van der Waals surface area (Å²) in [6.45, 7) is 0. The molecule has 2 aromatic rings. The summed E-state index contributed by atoms with van der Waals surface area (Å²) in [6, 6.07) is 3.65. The zero-order valence-corrected chi connectivity index (χ0v) is 14.6. The van der Waals surface area contributed by atoms with E-state index in [1.54, 1.807) is 17.0 Å². The Morgan fingerprint density at radius 3 is 2.79 bits per heavy atom. The zero-order valence-electron chi connectivity index (χ0n) is 13.0. The van der Waals surface area contributed by atoms with Crippen LogP contribution in [0.15, 0.2) is 29.7 Å². The molecule has 0 N–H and O–H groups in total. The van der Waals surface area contributed by atoms with E-state index in [-0.39, 0.29) is 17.3 Å². The quantitative estimate of drug-likeness (QED) is 0.561. The number of hydrogen-bond donors (Lipinski definition) is 0. The van der Waals surface area contributed by atoms with Gasteiger partial charge in [0.05, 0.1) is 17.3 Å². The second-order valence-electron chi connectivity index (χ2n) is 5.40. The van der Waals surface area contributed by atoms with Crippen molar-refractivity contribution in [3.63, 3.8) is 0 Å². The number of pyridine rings is 1. The maximum absolute atomic E-state index is 11.9. The van der Waals surface area contributed by atoms with E-state index in [1.165, 1.54) is 11.8 Å². The summed E-state index contributed by atoms with van der Waals surface area (Å²) in [7, 11) is -1.25. The van der Waals surface area contributed by atoms with Crippen molar-refractivity contribution in [3.05, 3.63) is 24.5 Å². The van der Waals surface area contributed by atoms with E-state index in [0.717, 1.165) is 5.56 Å². The van der Waals surface area contributed by atoms with Crippen LogP contribution in [-0.2, 0) is 26.4 Å². The smallest absolute Gasteiger partial charge is 0.316 e. The minimum atomic E-state index is -3.06. The maximum Gasteiger partial charge on any atom is 0.316 e. The number of rotatable bonds is 5. The lowest BCUT2D eigenvalue weighted by Crippen LogP contribution is -2.20. The summed E-state index contributed by atoms with van der Waals surface area (Å²) in [5.74, 6) is 0.278. The molecule has 0 radical (unpaired) electrons. The topological polar surface area (TPSA) is 104 Å². The summed E-state index contributed by atoms with van der Waals surface area (Å²) in [6.07, 6.45) is 3.18. The number of nitrogens with zero attached hydrogens (tertiary/aromatic N) is 4. The van der Waals surface area contributed by atoms with E-state index in [4.69, 9.17) is 4.74 Å². The number of carbonyl (C=O) groups excluding carboxylic acids is 1. The van der Waals surface area contributed by atoms with Gasteiger partial charge in [-0.3, -0.25) is 9.78 Å². The first-order valence-electron chi connectivity index (χ1n) is 7.27. The lowest BCUT2D eigenvalue weighted by Gasteiger charge is -2.09. The molecule has 0 spiro atoms. The highest BCUT2D eigenvalue weighted by atomic mass is 32.2. The van der Waals surface area contributed by atoms with Gasteiger partial charge < -0.3 is 9.30 Å². The van der Waals surface area contributed by atoms with E-state index >= 15 is 0 Å². The lowest BCUT2D eigenvalue weighted by molar-refractivity contribution is -0.144. The number of sulfone groups is 1. The van der Waals surface area contributed by atoms with Crippen molar-refractivity contribution < 1.29 is 17.9 Å². The molecule has 8 nitrogen and oxygen atoms in total. The van der Waals surface area contributed by atoms with Crippen LogP contribution < -0.4 is 0 Å². The van der Waals surface area contributed by atoms with E-state index in [9.17, 15) is 13.2 Å². The number of thioether (sulfide) groups is 1. The number of carbonyl (C=O) groups is 1. The van der Waals surface area contributed by atoms with E-state index < -0.39 is 21.9 Å². The summed E-state index contributed by atoms with van der Waals surface area (Å²) >= 11 is 1.20. The molecule has 1 aliphatic heterocycles. The van der Waals surface area contributed by atoms with Gasteiger partial charge in [0.1, 0.15) is 6.10 Å². The Bertz CT molecular complexity index is 836. The fourth-order valence-corrected chi connectivity index (χ4v) is 4.67. The third-order valence-electron chi connectivity index (χ3n) is 3.58. The first-order valence-corrected chi connectivity index (χ1v) is 10.1. The zero-order chi connectivity index (χ0) is 17.2. The third kappa shape index (κ3) is 3.93. The SMILES string of the molecule is Cn1c(SCC(=O)O[C@@H]2CCS(=O)(=O)C2)nnc1-c1ccncc1. The Kier molecular flexibility index (Phi) is 4.86. The Balaban J connectivity index is 1.57. The standard InChI is InChI=1S/C14H16N4O4S2/c1-18-13(10-2-5-15-6-3-10)16-17-14(18)23-8-12(19)22-11-4-7-24(20,21)9-11/h2-3,5-6,11H,4,7-9H2,1H3/t11-/m1/s1. The van der Waals surface area contributed by atoms with Crippen molar-refractivity contribution in [2.45, 2.75) is 17.7 Å². The van der Waals surface area contributed by atoms with Gasteiger partial charge >= 0.3 is 5.97 Å². The van der Waals surface area contributed by atoms with Gasteiger partial charge in [0.25, 0.3) is 0 Å². The minimum absolute atomic E-state index is 0.0544. The minimum Gasteiger partial charge on any atom is -0.461 e. The molecule has 1 saturated heterocycles. The van der Waals surface area contributed by atoms with Crippen LogP contribution in [0.1, 0.15) is 6.42 Å². The first-order chi connectivity index (χ1) is 11.4. The van der Waals surface area contributed by atoms with Crippen LogP contribution in [0.25, 0.3) is 11.4 Å². The van der Waals surface area contributed by atoms with Crippen LogP contribution >= 0.6 is 11.8 Å². The monoisotopic (exact) mass is 368 g/mol. The highest BCUT2D eigenvalue weighted by Crippen LogP contribution is 2.23. The van der Waals surface area contributed by atoms with Crippen LogP contribution in [0.2, 0.25) is 0 Å². The van der Waals surface area contributed by atoms with Gasteiger partial charge in [0, 0.05) is 25.0 Å². The van der Waals surface area contributed by atoms with Gasteiger partial charge in [-0.15, -0.1) is 10.2 Å². The lowest BCUT2D eigenvalue weighted by atomic mass is 10.2. The van der Waals surface area contributed by atoms with Crippen LogP contribution in [0.5, 0.6) is 0 Å². The van der Waals surface area contributed by atoms with Crippen LogP contribution in [-0.4, -0.2) is 57.5 Å².